The van der Waals surface area contributed by atoms with Crippen molar-refractivity contribution in [2.45, 2.75) is 45.7 Å². The maximum absolute atomic E-state index is 12.5. The van der Waals surface area contributed by atoms with Crippen molar-refractivity contribution in [2.24, 2.45) is 7.05 Å². The maximum Gasteiger partial charge on any atom is 0.234 e. The van der Waals surface area contributed by atoms with Crippen molar-refractivity contribution >= 4 is 35.0 Å². The molecular weight excluding hydrogens is 422 g/mol. The van der Waals surface area contributed by atoms with Crippen molar-refractivity contribution in [1.29, 1.82) is 0 Å². The van der Waals surface area contributed by atoms with Gasteiger partial charge in [-0.15, -0.1) is 10.2 Å². The standard InChI is InChI=1S/C24H29N5O2S/c1-6-18-9-7-8-17(4)23(18)26-22(31)14-32-24-28-27-20(29(24)5)13-21(30)25-19-12-15(2)10-11-16(19)3/h7-12H,6,13-14H2,1-5H3,(H,25,30)(H,26,31). The summed E-state index contributed by atoms with van der Waals surface area (Å²) in [7, 11) is 1.80. The van der Waals surface area contributed by atoms with E-state index >= 15 is 0 Å². The minimum absolute atomic E-state index is 0.101. The molecule has 32 heavy (non-hydrogen) atoms. The third-order valence-corrected chi connectivity index (χ3v) is 6.27. The molecule has 1 heterocycles. The Labute approximate surface area is 193 Å². The topological polar surface area (TPSA) is 88.9 Å². The van der Waals surface area contributed by atoms with Crippen LogP contribution in [0, 0.1) is 20.8 Å². The molecule has 0 atom stereocenters. The number of aromatic nitrogens is 3. The summed E-state index contributed by atoms with van der Waals surface area (Å²) >= 11 is 1.30. The van der Waals surface area contributed by atoms with E-state index in [0.717, 1.165) is 40.0 Å². The van der Waals surface area contributed by atoms with E-state index in [2.05, 4.69) is 27.8 Å². The summed E-state index contributed by atoms with van der Waals surface area (Å²) in [6.45, 7) is 7.99. The number of carbonyl (C=O) groups excluding carboxylic acids is 2. The predicted molar refractivity (Wildman–Crippen MR) is 129 cm³/mol. The van der Waals surface area contributed by atoms with Gasteiger partial charge in [-0.05, 0) is 55.5 Å². The monoisotopic (exact) mass is 451 g/mol. The van der Waals surface area contributed by atoms with Gasteiger partial charge >= 0.3 is 0 Å². The number of nitrogens with one attached hydrogen (secondary N) is 2. The van der Waals surface area contributed by atoms with Crippen LogP contribution >= 0.6 is 11.8 Å². The first-order chi connectivity index (χ1) is 15.3. The SMILES string of the molecule is CCc1cccc(C)c1NC(=O)CSc1nnc(CC(=O)Nc2cc(C)ccc2C)n1C. The third kappa shape index (κ3) is 5.76. The smallest absolute Gasteiger partial charge is 0.234 e. The Bertz CT molecular complexity index is 1140. The molecule has 0 unspecified atom stereocenters. The van der Waals surface area contributed by atoms with E-state index in [9.17, 15) is 9.59 Å². The lowest BCUT2D eigenvalue weighted by atomic mass is 10.1. The fraction of sp³-hybridized carbons (Fsp3) is 0.333. The van der Waals surface area contributed by atoms with Gasteiger partial charge in [-0.2, -0.15) is 0 Å². The first kappa shape index (κ1) is 23.5. The van der Waals surface area contributed by atoms with Gasteiger partial charge in [-0.3, -0.25) is 9.59 Å². The number of para-hydroxylation sites is 1. The quantitative estimate of drug-likeness (QED) is 0.501. The molecule has 1 aromatic heterocycles. The van der Waals surface area contributed by atoms with Gasteiger partial charge in [0, 0.05) is 18.4 Å². The lowest BCUT2D eigenvalue weighted by Gasteiger charge is -2.12. The molecule has 0 saturated carbocycles. The van der Waals surface area contributed by atoms with Gasteiger partial charge in [0.15, 0.2) is 5.16 Å². The van der Waals surface area contributed by atoms with E-state index in [4.69, 9.17) is 0 Å². The number of amides is 2. The number of anilines is 2. The molecule has 0 aliphatic carbocycles. The minimum atomic E-state index is -0.157. The predicted octanol–water partition coefficient (Wildman–Crippen LogP) is 4.21. The Morgan fingerprint density at radius 3 is 2.53 bits per heavy atom. The van der Waals surface area contributed by atoms with Crippen LogP contribution in [0.15, 0.2) is 41.6 Å². The van der Waals surface area contributed by atoms with E-state index in [0.29, 0.717) is 11.0 Å². The zero-order valence-electron chi connectivity index (χ0n) is 19.2. The van der Waals surface area contributed by atoms with Crippen LogP contribution in [0.25, 0.3) is 0 Å². The number of nitrogens with zero attached hydrogens (tertiary/aromatic N) is 3. The highest BCUT2D eigenvalue weighted by Gasteiger charge is 2.16. The highest BCUT2D eigenvalue weighted by molar-refractivity contribution is 7.99. The second-order valence-corrected chi connectivity index (χ2v) is 8.74. The molecule has 0 bridgehead atoms. The molecule has 2 aromatic carbocycles. The first-order valence-electron chi connectivity index (χ1n) is 10.5. The van der Waals surface area contributed by atoms with Crippen molar-refractivity contribution in [1.82, 2.24) is 14.8 Å². The van der Waals surface area contributed by atoms with E-state index in [1.165, 1.54) is 11.8 Å². The Morgan fingerprint density at radius 1 is 1.00 bits per heavy atom. The summed E-state index contributed by atoms with van der Waals surface area (Å²) in [6, 6.07) is 11.9. The average Bonchev–Trinajstić information content (AvgIpc) is 3.09. The fourth-order valence-corrected chi connectivity index (χ4v) is 4.07. The average molecular weight is 452 g/mol. The lowest BCUT2D eigenvalue weighted by molar-refractivity contribution is -0.116. The Kier molecular flexibility index (Phi) is 7.69. The van der Waals surface area contributed by atoms with Gasteiger partial charge in [-0.25, -0.2) is 0 Å². The van der Waals surface area contributed by atoms with E-state index in [1.54, 1.807) is 11.6 Å². The summed E-state index contributed by atoms with van der Waals surface area (Å²) in [5.41, 5.74) is 5.91. The van der Waals surface area contributed by atoms with Gasteiger partial charge in [0.2, 0.25) is 11.8 Å². The van der Waals surface area contributed by atoms with E-state index in [1.807, 2.05) is 57.2 Å². The zero-order valence-corrected chi connectivity index (χ0v) is 20.0. The molecule has 0 saturated heterocycles. The lowest BCUT2D eigenvalue weighted by Crippen LogP contribution is -2.18. The largest absolute Gasteiger partial charge is 0.325 e. The molecule has 8 heteroatoms. The molecule has 3 rings (SSSR count). The van der Waals surface area contributed by atoms with Crippen LogP contribution < -0.4 is 10.6 Å². The van der Waals surface area contributed by atoms with Crippen molar-refractivity contribution in [3.63, 3.8) is 0 Å². The number of thioether (sulfide) groups is 1. The van der Waals surface area contributed by atoms with Crippen LogP contribution in [0.2, 0.25) is 0 Å². The molecule has 0 fully saturated rings. The zero-order chi connectivity index (χ0) is 23.3. The molecule has 3 aromatic rings. The van der Waals surface area contributed by atoms with E-state index in [-0.39, 0.29) is 24.0 Å². The van der Waals surface area contributed by atoms with Gasteiger partial charge in [-0.1, -0.05) is 49.0 Å². The number of aryl methyl sites for hydroxylation is 4. The van der Waals surface area contributed by atoms with Crippen LogP contribution in [-0.4, -0.2) is 32.3 Å². The fourth-order valence-electron chi connectivity index (χ4n) is 3.34. The van der Waals surface area contributed by atoms with Crippen molar-refractivity contribution in [3.05, 3.63) is 64.5 Å². The molecule has 0 radical (unpaired) electrons. The molecule has 0 spiro atoms. The van der Waals surface area contributed by atoms with Gasteiger partial charge in [0.05, 0.1) is 12.2 Å². The van der Waals surface area contributed by atoms with E-state index < -0.39 is 0 Å². The van der Waals surface area contributed by atoms with Crippen LogP contribution in [0.3, 0.4) is 0 Å². The third-order valence-electron chi connectivity index (χ3n) is 5.25. The minimum Gasteiger partial charge on any atom is -0.325 e. The normalized spacial score (nSPS) is 10.8. The summed E-state index contributed by atoms with van der Waals surface area (Å²) in [6.07, 6.45) is 0.952. The molecule has 168 valence electrons. The molecule has 0 aliphatic rings. The van der Waals surface area contributed by atoms with Crippen LogP contribution in [0.5, 0.6) is 0 Å². The highest BCUT2D eigenvalue weighted by Crippen LogP contribution is 2.23. The van der Waals surface area contributed by atoms with Gasteiger partial charge in [0.25, 0.3) is 0 Å². The number of benzene rings is 2. The van der Waals surface area contributed by atoms with Crippen LogP contribution in [0.4, 0.5) is 11.4 Å². The molecular formula is C24H29N5O2S. The Hall–Kier alpha value is -3.13. The van der Waals surface area contributed by atoms with Crippen molar-refractivity contribution < 1.29 is 9.59 Å². The number of hydrogen-bond donors (Lipinski definition) is 2. The molecule has 0 aliphatic heterocycles. The first-order valence-corrected chi connectivity index (χ1v) is 11.5. The van der Waals surface area contributed by atoms with Crippen LogP contribution in [0.1, 0.15) is 35.0 Å². The second-order valence-electron chi connectivity index (χ2n) is 7.80. The van der Waals surface area contributed by atoms with Crippen molar-refractivity contribution in [2.75, 3.05) is 16.4 Å². The summed E-state index contributed by atoms with van der Waals surface area (Å²) in [5.74, 6) is 0.493. The second kappa shape index (κ2) is 10.5. The molecule has 2 amide bonds. The van der Waals surface area contributed by atoms with Crippen LogP contribution in [-0.2, 0) is 29.5 Å². The van der Waals surface area contributed by atoms with Gasteiger partial charge < -0.3 is 15.2 Å². The van der Waals surface area contributed by atoms with Crippen molar-refractivity contribution in [3.8, 4) is 0 Å². The Balaban J connectivity index is 1.58. The number of hydrogen-bond acceptors (Lipinski definition) is 5. The summed E-state index contributed by atoms with van der Waals surface area (Å²) in [4.78, 5) is 25.0. The maximum atomic E-state index is 12.5. The highest BCUT2D eigenvalue weighted by atomic mass is 32.2. The Morgan fingerprint density at radius 2 is 1.78 bits per heavy atom. The number of carbonyl (C=O) groups is 2. The summed E-state index contributed by atoms with van der Waals surface area (Å²) in [5, 5.41) is 14.8. The molecule has 2 N–H and O–H groups in total. The number of rotatable bonds is 8. The van der Waals surface area contributed by atoms with Gasteiger partial charge in [0.1, 0.15) is 5.82 Å². The summed E-state index contributed by atoms with van der Waals surface area (Å²) < 4.78 is 1.76. The molecule has 7 nitrogen and oxygen atoms in total.